The topological polar surface area (TPSA) is 29.5 Å². The lowest BCUT2D eigenvalue weighted by Crippen LogP contribution is -2.31. The summed E-state index contributed by atoms with van der Waals surface area (Å²) in [7, 11) is 1.54. The number of hydrogen-bond donors (Lipinski definition) is 0. The summed E-state index contributed by atoms with van der Waals surface area (Å²) in [6.45, 7) is 5.73. The van der Waals surface area contributed by atoms with Gasteiger partial charge < -0.3 is 9.64 Å². The Bertz CT molecular complexity index is 550. The lowest BCUT2D eigenvalue weighted by Gasteiger charge is -2.23. The lowest BCUT2D eigenvalue weighted by atomic mass is 9.85. The molecular formula is C16H21F2NO2. The molecule has 0 saturated carbocycles. The molecule has 1 heterocycles. The van der Waals surface area contributed by atoms with Gasteiger partial charge in [-0.2, -0.15) is 0 Å². The highest BCUT2D eigenvalue weighted by molar-refractivity contribution is 5.95. The third-order valence-corrected chi connectivity index (χ3v) is 3.71. The molecule has 0 N–H and O–H groups in total. The van der Waals surface area contributed by atoms with E-state index in [1.54, 1.807) is 19.2 Å². The van der Waals surface area contributed by atoms with Crippen LogP contribution in [0.4, 0.5) is 8.78 Å². The molecule has 1 saturated heterocycles. The third kappa shape index (κ3) is 3.34. The van der Waals surface area contributed by atoms with Gasteiger partial charge in [-0.05, 0) is 23.1 Å². The molecule has 1 aromatic carbocycles. The van der Waals surface area contributed by atoms with Gasteiger partial charge in [0.2, 0.25) is 0 Å². The molecule has 116 valence electrons. The predicted octanol–water partition coefficient (Wildman–Crippen LogP) is 3.47. The van der Waals surface area contributed by atoms with E-state index in [-0.39, 0.29) is 24.3 Å². The third-order valence-electron chi connectivity index (χ3n) is 3.71. The molecule has 1 aliphatic rings. The van der Waals surface area contributed by atoms with Crippen LogP contribution in [0.1, 0.15) is 43.1 Å². The number of carbonyl (C=O) groups excluding carboxylic acids is 1. The maximum absolute atomic E-state index is 13.2. The van der Waals surface area contributed by atoms with Gasteiger partial charge in [-0.3, -0.25) is 4.79 Å². The quantitative estimate of drug-likeness (QED) is 0.836. The molecule has 21 heavy (non-hydrogen) atoms. The average molecular weight is 297 g/mol. The van der Waals surface area contributed by atoms with E-state index >= 15 is 0 Å². The van der Waals surface area contributed by atoms with Crippen LogP contribution in [0, 0.1) is 0 Å². The monoisotopic (exact) mass is 297 g/mol. The first-order chi connectivity index (χ1) is 9.64. The second-order valence-electron chi connectivity index (χ2n) is 6.50. The molecule has 0 aliphatic carbocycles. The van der Waals surface area contributed by atoms with Crippen molar-refractivity contribution >= 4 is 5.91 Å². The molecule has 2 rings (SSSR count). The Morgan fingerprint density at radius 1 is 1.33 bits per heavy atom. The molecule has 0 spiro atoms. The fourth-order valence-electron chi connectivity index (χ4n) is 2.54. The fourth-order valence-corrected chi connectivity index (χ4v) is 2.54. The first-order valence-electron chi connectivity index (χ1n) is 7.00. The molecule has 3 nitrogen and oxygen atoms in total. The van der Waals surface area contributed by atoms with E-state index in [2.05, 4.69) is 0 Å². The van der Waals surface area contributed by atoms with Gasteiger partial charge in [0.15, 0.2) is 0 Å². The number of hydrogen-bond acceptors (Lipinski definition) is 2. The van der Waals surface area contributed by atoms with Crippen LogP contribution in [0.3, 0.4) is 0 Å². The minimum atomic E-state index is -2.77. The molecule has 1 aromatic rings. The Morgan fingerprint density at radius 3 is 2.48 bits per heavy atom. The van der Waals surface area contributed by atoms with Crippen LogP contribution in [0.2, 0.25) is 0 Å². The molecule has 0 atom stereocenters. The average Bonchev–Trinajstić information content (AvgIpc) is 2.76. The van der Waals surface area contributed by atoms with Crippen molar-refractivity contribution in [2.75, 3.05) is 20.2 Å². The van der Waals surface area contributed by atoms with Crippen LogP contribution in [0.25, 0.3) is 0 Å². The van der Waals surface area contributed by atoms with E-state index in [1.165, 1.54) is 4.90 Å². The maximum Gasteiger partial charge on any atom is 0.267 e. The Hall–Kier alpha value is -1.65. The number of nitrogens with zero attached hydrogens (tertiary/aromatic N) is 1. The van der Waals surface area contributed by atoms with Crippen LogP contribution in [0.15, 0.2) is 18.2 Å². The van der Waals surface area contributed by atoms with Crippen molar-refractivity contribution in [3.63, 3.8) is 0 Å². The number of ether oxygens (including phenoxy) is 1. The normalized spacial score (nSPS) is 17.9. The van der Waals surface area contributed by atoms with Gasteiger partial charge in [0.05, 0.1) is 13.7 Å². The Labute approximate surface area is 123 Å². The Kier molecular flexibility index (Phi) is 3.95. The summed E-state index contributed by atoms with van der Waals surface area (Å²) in [5.41, 5.74) is 1.25. The number of rotatable bonds is 2. The zero-order valence-corrected chi connectivity index (χ0v) is 12.9. The minimum absolute atomic E-state index is 0.0924. The highest BCUT2D eigenvalue weighted by Gasteiger charge is 2.40. The Morgan fingerprint density at radius 2 is 2.00 bits per heavy atom. The van der Waals surface area contributed by atoms with E-state index in [4.69, 9.17) is 4.74 Å². The molecule has 0 unspecified atom stereocenters. The molecule has 0 bridgehead atoms. The van der Waals surface area contributed by atoms with Crippen LogP contribution in [-0.2, 0) is 5.41 Å². The van der Waals surface area contributed by atoms with E-state index in [9.17, 15) is 13.6 Å². The van der Waals surface area contributed by atoms with Gasteiger partial charge in [0.25, 0.3) is 11.8 Å². The zero-order chi connectivity index (χ0) is 15.8. The van der Waals surface area contributed by atoms with E-state index in [0.29, 0.717) is 11.3 Å². The number of halogens is 2. The molecule has 5 heteroatoms. The van der Waals surface area contributed by atoms with Gasteiger partial charge in [-0.25, -0.2) is 8.78 Å². The second-order valence-corrected chi connectivity index (χ2v) is 6.50. The van der Waals surface area contributed by atoms with Crippen molar-refractivity contribution in [2.45, 2.75) is 38.5 Å². The molecule has 1 amide bonds. The second kappa shape index (κ2) is 5.28. The molecular weight excluding hydrogens is 276 g/mol. The standard InChI is InChI=1S/C16H21F2NO2/c1-15(2,3)12-6-5-11(9-13(12)21-4)14(20)19-8-7-16(17,18)10-19/h5-6,9H,7-8,10H2,1-4H3. The summed E-state index contributed by atoms with van der Waals surface area (Å²) < 4.78 is 31.8. The van der Waals surface area contributed by atoms with Crippen LogP contribution >= 0.6 is 0 Å². The zero-order valence-electron chi connectivity index (χ0n) is 12.9. The summed E-state index contributed by atoms with van der Waals surface area (Å²) in [6.07, 6.45) is -0.268. The first-order valence-corrected chi connectivity index (χ1v) is 7.00. The fraction of sp³-hybridized carbons (Fsp3) is 0.562. The van der Waals surface area contributed by atoms with Gasteiger partial charge in [-0.15, -0.1) is 0 Å². The summed E-state index contributed by atoms with van der Waals surface area (Å²) in [4.78, 5) is 13.5. The highest BCUT2D eigenvalue weighted by atomic mass is 19.3. The number of carbonyl (C=O) groups is 1. The predicted molar refractivity (Wildman–Crippen MR) is 77.2 cm³/mol. The number of likely N-dealkylation sites (tertiary alicyclic amines) is 1. The van der Waals surface area contributed by atoms with Crippen molar-refractivity contribution in [3.8, 4) is 5.75 Å². The van der Waals surface area contributed by atoms with Crippen molar-refractivity contribution in [3.05, 3.63) is 29.3 Å². The van der Waals surface area contributed by atoms with Gasteiger partial charge in [0, 0.05) is 18.5 Å². The molecule has 0 aromatic heterocycles. The number of alkyl halides is 2. The summed E-state index contributed by atoms with van der Waals surface area (Å²) in [5, 5.41) is 0. The van der Waals surface area contributed by atoms with Gasteiger partial charge in [-0.1, -0.05) is 26.8 Å². The number of benzene rings is 1. The smallest absolute Gasteiger partial charge is 0.267 e. The van der Waals surface area contributed by atoms with Crippen molar-refractivity contribution in [1.82, 2.24) is 4.90 Å². The van der Waals surface area contributed by atoms with Crippen LogP contribution in [0.5, 0.6) is 5.75 Å². The molecule has 1 fully saturated rings. The lowest BCUT2D eigenvalue weighted by molar-refractivity contribution is 0.0120. The summed E-state index contributed by atoms with van der Waals surface area (Å²) in [5.74, 6) is -2.53. The minimum Gasteiger partial charge on any atom is -0.496 e. The molecule has 1 aliphatic heterocycles. The first kappa shape index (κ1) is 15.7. The summed E-state index contributed by atoms with van der Waals surface area (Å²) in [6, 6.07) is 5.15. The highest BCUT2D eigenvalue weighted by Crippen LogP contribution is 2.33. The van der Waals surface area contributed by atoms with Gasteiger partial charge >= 0.3 is 0 Å². The van der Waals surface area contributed by atoms with Crippen molar-refractivity contribution in [2.24, 2.45) is 0 Å². The van der Waals surface area contributed by atoms with Gasteiger partial charge in [0.1, 0.15) is 5.75 Å². The van der Waals surface area contributed by atoms with Crippen molar-refractivity contribution in [1.29, 1.82) is 0 Å². The van der Waals surface area contributed by atoms with Crippen LogP contribution < -0.4 is 4.74 Å². The maximum atomic E-state index is 13.2. The van der Waals surface area contributed by atoms with Crippen molar-refractivity contribution < 1.29 is 18.3 Å². The SMILES string of the molecule is COc1cc(C(=O)N2CCC(F)(F)C2)ccc1C(C)(C)C. The van der Waals surface area contributed by atoms with E-state index < -0.39 is 12.5 Å². The van der Waals surface area contributed by atoms with E-state index in [0.717, 1.165) is 5.56 Å². The van der Waals surface area contributed by atoms with E-state index in [1.807, 2.05) is 26.8 Å². The Balaban J connectivity index is 2.27. The molecule has 0 radical (unpaired) electrons. The number of methoxy groups -OCH3 is 1. The van der Waals surface area contributed by atoms with Crippen LogP contribution in [-0.4, -0.2) is 36.9 Å². The summed E-state index contributed by atoms with van der Waals surface area (Å²) >= 11 is 0. The largest absolute Gasteiger partial charge is 0.496 e. The number of amides is 1.